The predicted molar refractivity (Wildman–Crippen MR) is 88.5 cm³/mol. The summed E-state index contributed by atoms with van der Waals surface area (Å²) in [5.74, 6) is 0. The number of rotatable bonds is 6. The fourth-order valence-electron chi connectivity index (χ4n) is 1.20. The molecule has 0 spiro atoms. The van der Waals surface area contributed by atoms with Crippen LogP contribution < -0.4 is 0 Å². The second-order valence-electron chi connectivity index (χ2n) is 4.48. The third-order valence-corrected chi connectivity index (χ3v) is 2.81. The van der Waals surface area contributed by atoms with E-state index in [2.05, 4.69) is 44.1 Å². The largest absolute Gasteiger partial charge is 0.254 e. The van der Waals surface area contributed by atoms with Gasteiger partial charge in [0.05, 0.1) is 5.70 Å². The van der Waals surface area contributed by atoms with E-state index in [1.807, 2.05) is 39.0 Å². The Bertz CT molecular complexity index is 480. The van der Waals surface area contributed by atoms with E-state index in [0.29, 0.717) is 0 Å². The van der Waals surface area contributed by atoms with Gasteiger partial charge in [-0.2, -0.15) is 0 Å². The Morgan fingerprint density at radius 3 is 1.95 bits per heavy atom. The van der Waals surface area contributed by atoms with E-state index in [1.165, 1.54) is 11.1 Å². The van der Waals surface area contributed by atoms with Gasteiger partial charge in [-0.15, -0.1) is 0 Å². The summed E-state index contributed by atoms with van der Waals surface area (Å²) in [5, 5.41) is 0. The van der Waals surface area contributed by atoms with Crippen LogP contribution in [0, 0.1) is 0 Å². The minimum absolute atomic E-state index is 0.775. The van der Waals surface area contributed by atoms with Crippen LogP contribution in [-0.4, -0.2) is 5.71 Å². The Morgan fingerprint density at radius 2 is 1.42 bits per heavy atom. The van der Waals surface area contributed by atoms with Gasteiger partial charge < -0.3 is 0 Å². The molecule has 0 rings (SSSR count). The zero-order chi connectivity index (χ0) is 14.8. The molecule has 0 N–H and O–H groups in total. The molecule has 0 aromatic carbocycles. The van der Waals surface area contributed by atoms with Gasteiger partial charge >= 0.3 is 0 Å². The van der Waals surface area contributed by atoms with Gasteiger partial charge in [0.25, 0.3) is 0 Å². The maximum Gasteiger partial charge on any atom is 0.0590 e. The zero-order valence-electron chi connectivity index (χ0n) is 12.8. The number of hydrogen-bond donors (Lipinski definition) is 0. The number of hydrogen-bond acceptors (Lipinski definition) is 1. The predicted octanol–water partition coefficient (Wildman–Crippen LogP) is 5.56. The molecule has 19 heavy (non-hydrogen) atoms. The van der Waals surface area contributed by atoms with Gasteiger partial charge in [0, 0.05) is 5.71 Å². The third kappa shape index (κ3) is 7.20. The second-order valence-corrected chi connectivity index (χ2v) is 4.48. The molecule has 1 heteroatoms. The van der Waals surface area contributed by atoms with Crippen molar-refractivity contribution in [1.82, 2.24) is 0 Å². The number of allylic oxidation sites excluding steroid dienone is 9. The second kappa shape index (κ2) is 9.09. The highest BCUT2D eigenvalue weighted by atomic mass is 14.7. The quantitative estimate of drug-likeness (QED) is 0.435. The number of aliphatic imine (C=N–C) groups is 1. The van der Waals surface area contributed by atoms with E-state index in [1.54, 1.807) is 6.08 Å². The third-order valence-electron chi connectivity index (χ3n) is 2.81. The molecule has 0 amide bonds. The summed E-state index contributed by atoms with van der Waals surface area (Å²) < 4.78 is 0. The van der Waals surface area contributed by atoms with Crippen LogP contribution in [0.4, 0.5) is 0 Å². The molecule has 0 heterocycles. The molecule has 0 radical (unpaired) electrons. The Morgan fingerprint density at radius 1 is 0.895 bits per heavy atom. The van der Waals surface area contributed by atoms with Gasteiger partial charge in [0.15, 0.2) is 0 Å². The zero-order valence-corrected chi connectivity index (χ0v) is 12.8. The van der Waals surface area contributed by atoms with Crippen molar-refractivity contribution in [3.63, 3.8) is 0 Å². The first kappa shape index (κ1) is 17.1. The Hall–Kier alpha value is -1.89. The Labute approximate surface area is 118 Å². The summed E-state index contributed by atoms with van der Waals surface area (Å²) in [4.78, 5) is 4.35. The van der Waals surface area contributed by atoms with Crippen molar-refractivity contribution in [2.45, 2.75) is 34.6 Å². The topological polar surface area (TPSA) is 12.4 Å². The van der Waals surface area contributed by atoms with Crippen LogP contribution in [0.5, 0.6) is 0 Å². The van der Waals surface area contributed by atoms with E-state index in [4.69, 9.17) is 0 Å². The molecule has 0 fully saturated rings. The van der Waals surface area contributed by atoms with Crippen molar-refractivity contribution in [3.05, 3.63) is 72.0 Å². The number of nitrogens with zero attached hydrogens (tertiary/aromatic N) is 1. The highest BCUT2D eigenvalue weighted by Gasteiger charge is 1.95. The monoisotopic (exact) mass is 255 g/mol. The Kier molecular flexibility index (Phi) is 8.19. The molecule has 0 unspecified atom stereocenters. The lowest BCUT2D eigenvalue weighted by molar-refractivity contribution is 1.28. The molecule has 102 valence electrons. The molecule has 0 atom stereocenters. The van der Waals surface area contributed by atoms with Gasteiger partial charge in [-0.1, -0.05) is 43.5 Å². The molecular weight excluding hydrogens is 230 g/mol. The maximum atomic E-state index is 4.35. The van der Waals surface area contributed by atoms with Crippen LogP contribution >= 0.6 is 0 Å². The summed E-state index contributed by atoms with van der Waals surface area (Å²) >= 11 is 0. The molecular formula is C18H25N. The molecule has 0 bridgehead atoms. The minimum atomic E-state index is 0.775. The van der Waals surface area contributed by atoms with Crippen LogP contribution in [-0.2, 0) is 0 Å². The van der Waals surface area contributed by atoms with E-state index >= 15 is 0 Å². The first-order valence-corrected chi connectivity index (χ1v) is 6.44. The van der Waals surface area contributed by atoms with Gasteiger partial charge in [-0.05, 0) is 57.4 Å². The summed E-state index contributed by atoms with van der Waals surface area (Å²) in [6, 6.07) is 0. The molecule has 0 aromatic heterocycles. The lowest BCUT2D eigenvalue weighted by Crippen LogP contribution is -1.87. The van der Waals surface area contributed by atoms with Crippen molar-refractivity contribution in [1.29, 1.82) is 0 Å². The highest BCUT2D eigenvalue weighted by Crippen LogP contribution is 2.13. The average Bonchev–Trinajstić information content (AvgIpc) is 2.40. The summed E-state index contributed by atoms with van der Waals surface area (Å²) in [5.41, 5.74) is 5.19. The smallest absolute Gasteiger partial charge is 0.0590 e. The van der Waals surface area contributed by atoms with E-state index < -0.39 is 0 Å². The Balaban J connectivity index is 4.97. The lowest BCUT2D eigenvalue weighted by atomic mass is 10.1. The SMILES string of the molecule is C=CC(C)=NC(=C)C(C)=CC=C(C)C(C)=CC=CC. The van der Waals surface area contributed by atoms with Crippen LogP contribution in [0.25, 0.3) is 0 Å². The van der Waals surface area contributed by atoms with E-state index in [-0.39, 0.29) is 0 Å². The van der Waals surface area contributed by atoms with Crippen LogP contribution in [0.15, 0.2) is 77.0 Å². The summed E-state index contributed by atoms with van der Waals surface area (Å²) in [6.07, 6.45) is 12.0. The molecule has 0 aliphatic heterocycles. The molecule has 0 saturated carbocycles. The van der Waals surface area contributed by atoms with Crippen molar-refractivity contribution in [3.8, 4) is 0 Å². The van der Waals surface area contributed by atoms with Crippen molar-refractivity contribution in [2.24, 2.45) is 4.99 Å². The summed E-state index contributed by atoms with van der Waals surface area (Å²) in [6.45, 7) is 17.8. The van der Waals surface area contributed by atoms with Crippen molar-refractivity contribution < 1.29 is 0 Å². The molecule has 0 aliphatic carbocycles. The molecule has 0 aromatic rings. The van der Waals surface area contributed by atoms with E-state index in [0.717, 1.165) is 17.0 Å². The molecule has 1 nitrogen and oxygen atoms in total. The fraction of sp³-hybridized carbons (Fsp3) is 0.278. The first-order chi connectivity index (χ1) is 8.92. The van der Waals surface area contributed by atoms with Crippen molar-refractivity contribution in [2.75, 3.05) is 0 Å². The van der Waals surface area contributed by atoms with Crippen LogP contribution in [0.1, 0.15) is 34.6 Å². The molecule has 0 saturated heterocycles. The average molecular weight is 255 g/mol. The van der Waals surface area contributed by atoms with Crippen LogP contribution in [0.2, 0.25) is 0 Å². The fourth-order valence-corrected chi connectivity index (χ4v) is 1.20. The lowest BCUT2D eigenvalue weighted by Gasteiger charge is -2.02. The van der Waals surface area contributed by atoms with Gasteiger partial charge in [-0.3, -0.25) is 4.99 Å². The standard InChI is InChI=1S/C18H25N/c1-8-10-11-14(3)15(4)12-13-16(5)18(7)19-17(6)9-2/h8-13H,2,7H2,1,3-6H3. The maximum absolute atomic E-state index is 4.35. The normalized spacial score (nSPS) is 15.0. The van der Waals surface area contributed by atoms with Gasteiger partial charge in [0.2, 0.25) is 0 Å². The van der Waals surface area contributed by atoms with Crippen molar-refractivity contribution >= 4 is 5.71 Å². The van der Waals surface area contributed by atoms with Gasteiger partial charge in [-0.25, -0.2) is 0 Å². The minimum Gasteiger partial charge on any atom is -0.254 e. The van der Waals surface area contributed by atoms with Gasteiger partial charge in [0.1, 0.15) is 0 Å². The highest BCUT2D eigenvalue weighted by molar-refractivity contribution is 5.93. The summed E-state index contributed by atoms with van der Waals surface area (Å²) in [7, 11) is 0. The molecule has 0 aliphatic rings. The van der Waals surface area contributed by atoms with E-state index in [9.17, 15) is 0 Å². The van der Waals surface area contributed by atoms with Crippen LogP contribution in [0.3, 0.4) is 0 Å². The first-order valence-electron chi connectivity index (χ1n) is 6.44.